The van der Waals surface area contributed by atoms with Crippen molar-refractivity contribution < 1.29 is 4.74 Å². The first-order valence-electron chi connectivity index (χ1n) is 9.42. The van der Waals surface area contributed by atoms with Crippen molar-refractivity contribution in [3.8, 4) is 5.75 Å². The first-order chi connectivity index (χ1) is 13.7. The highest BCUT2D eigenvalue weighted by Gasteiger charge is 2.01. The van der Waals surface area contributed by atoms with Gasteiger partial charge in [0, 0.05) is 22.5 Å². The number of hydrogen-bond donors (Lipinski definition) is 2. The third kappa shape index (κ3) is 8.02. The molecule has 1 aromatic carbocycles. The van der Waals surface area contributed by atoms with E-state index in [-0.39, 0.29) is 24.0 Å². The number of guanidine groups is 1. The van der Waals surface area contributed by atoms with E-state index < -0.39 is 0 Å². The summed E-state index contributed by atoms with van der Waals surface area (Å²) in [5.41, 5.74) is 2.05. The molecule has 0 amide bonds. The summed E-state index contributed by atoms with van der Waals surface area (Å²) < 4.78 is 5.78. The van der Waals surface area contributed by atoms with E-state index in [0.29, 0.717) is 13.2 Å². The Labute approximate surface area is 193 Å². The fourth-order valence-electron chi connectivity index (χ4n) is 2.59. The number of nitrogens with zero attached hydrogens (tertiary/aromatic N) is 2. The van der Waals surface area contributed by atoms with Gasteiger partial charge in [0.1, 0.15) is 12.4 Å². The van der Waals surface area contributed by atoms with E-state index in [9.17, 15) is 0 Å². The average molecular weight is 522 g/mol. The number of ether oxygens (including phenoxy) is 1. The SMILES string of the molecule is CCNC(=NCc1ccc(OCc2ccccn2)cc1)NCc1ccc(C)s1.I. The van der Waals surface area contributed by atoms with Gasteiger partial charge in [0.15, 0.2) is 5.96 Å². The van der Waals surface area contributed by atoms with Gasteiger partial charge in [0.05, 0.1) is 18.8 Å². The molecule has 3 aromatic rings. The lowest BCUT2D eigenvalue weighted by Crippen LogP contribution is -2.36. The van der Waals surface area contributed by atoms with Crippen molar-refractivity contribution in [1.29, 1.82) is 0 Å². The molecule has 0 radical (unpaired) electrons. The minimum atomic E-state index is 0. The van der Waals surface area contributed by atoms with Gasteiger partial charge in [0.2, 0.25) is 0 Å². The van der Waals surface area contributed by atoms with E-state index >= 15 is 0 Å². The van der Waals surface area contributed by atoms with Crippen molar-refractivity contribution in [3.63, 3.8) is 0 Å². The van der Waals surface area contributed by atoms with E-state index in [2.05, 4.69) is 46.6 Å². The van der Waals surface area contributed by atoms with Crippen LogP contribution in [0.2, 0.25) is 0 Å². The predicted molar refractivity (Wildman–Crippen MR) is 131 cm³/mol. The third-order valence-corrected chi connectivity index (χ3v) is 5.03. The van der Waals surface area contributed by atoms with Crippen LogP contribution in [-0.4, -0.2) is 17.5 Å². The van der Waals surface area contributed by atoms with Crippen molar-refractivity contribution in [2.75, 3.05) is 6.54 Å². The van der Waals surface area contributed by atoms with Gasteiger partial charge in [-0.1, -0.05) is 18.2 Å². The molecule has 0 saturated heterocycles. The minimum absolute atomic E-state index is 0. The molecule has 2 aromatic heterocycles. The quantitative estimate of drug-likeness (QED) is 0.251. The van der Waals surface area contributed by atoms with E-state index in [4.69, 9.17) is 4.74 Å². The highest BCUT2D eigenvalue weighted by atomic mass is 127. The molecule has 7 heteroatoms. The molecule has 2 N–H and O–H groups in total. The second kappa shape index (κ2) is 12.4. The topological polar surface area (TPSA) is 58.5 Å². The maximum absolute atomic E-state index is 5.78. The first kappa shape index (κ1) is 23.2. The number of pyridine rings is 1. The Hall–Kier alpha value is -2.13. The Bertz CT molecular complexity index is 881. The molecular weight excluding hydrogens is 495 g/mol. The van der Waals surface area contributed by atoms with Crippen molar-refractivity contribution in [3.05, 3.63) is 81.8 Å². The van der Waals surface area contributed by atoms with E-state index in [1.807, 2.05) is 42.5 Å². The molecule has 0 saturated carbocycles. The summed E-state index contributed by atoms with van der Waals surface area (Å²) in [4.78, 5) is 11.6. The predicted octanol–water partition coefficient (Wildman–Crippen LogP) is 4.90. The lowest BCUT2D eigenvalue weighted by atomic mass is 10.2. The van der Waals surface area contributed by atoms with Crippen LogP contribution in [0.15, 0.2) is 65.8 Å². The molecule has 0 aliphatic rings. The van der Waals surface area contributed by atoms with Crippen LogP contribution >= 0.6 is 35.3 Å². The van der Waals surface area contributed by atoms with Crippen molar-refractivity contribution in [2.24, 2.45) is 4.99 Å². The third-order valence-electron chi connectivity index (χ3n) is 4.03. The van der Waals surface area contributed by atoms with Crippen LogP contribution < -0.4 is 15.4 Å². The van der Waals surface area contributed by atoms with E-state index in [1.54, 1.807) is 17.5 Å². The van der Waals surface area contributed by atoms with Gasteiger partial charge in [-0.2, -0.15) is 0 Å². The molecule has 2 heterocycles. The number of thiophene rings is 1. The zero-order chi connectivity index (χ0) is 19.6. The molecule has 0 atom stereocenters. The molecular formula is C22H27IN4OS. The molecule has 0 unspecified atom stereocenters. The Morgan fingerprint density at radius 2 is 1.90 bits per heavy atom. The lowest BCUT2D eigenvalue weighted by Gasteiger charge is -2.11. The second-order valence-corrected chi connectivity index (χ2v) is 7.69. The second-order valence-electron chi connectivity index (χ2n) is 6.31. The standard InChI is InChI=1S/C22H26N4OS.HI/c1-3-23-22(26-15-21-12-7-17(2)28-21)25-14-18-8-10-20(11-9-18)27-16-19-6-4-5-13-24-19;/h4-13H,3,14-16H2,1-2H3,(H2,23,25,26);1H. The van der Waals surface area contributed by atoms with Crippen LogP contribution in [0.1, 0.15) is 27.9 Å². The van der Waals surface area contributed by atoms with E-state index in [0.717, 1.165) is 36.1 Å². The van der Waals surface area contributed by atoms with Gasteiger partial charge < -0.3 is 15.4 Å². The molecule has 0 bridgehead atoms. The Balaban J connectivity index is 0.00000300. The normalized spacial score (nSPS) is 10.9. The number of benzene rings is 1. The van der Waals surface area contributed by atoms with Crippen LogP contribution in [0.3, 0.4) is 0 Å². The summed E-state index contributed by atoms with van der Waals surface area (Å²) in [7, 11) is 0. The Kier molecular flexibility index (Phi) is 9.93. The van der Waals surface area contributed by atoms with Crippen LogP contribution in [0.4, 0.5) is 0 Å². The van der Waals surface area contributed by atoms with Gasteiger partial charge in [-0.25, -0.2) is 4.99 Å². The number of rotatable bonds is 8. The average Bonchev–Trinajstić information content (AvgIpc) is 3.15. The number of hydrogen-bond acceptors (Lipinski definition) is 4. The first-order valence-corrected chi connectivity index (χ1v) is 10.2. The van der Waals surface area contributed by atoms with Crippen molar-refractivity contribution in [1.82, 2.24) is 15.6 Å². The van der Waals surface area contributed by atoms with Gasteiger partial charge in [-0.05, 0) is 55.8 Å². The van der Waals surface area contributed by atoms with Crippen molar-refractivity contribution in [2.45, 2.75) is 33.5 Å². The summed E-state index contributed by atoms with van der Waals surface area (Å²) in [6, 6.07) is 18.1. The van der Waals surface area contributed by atoms with Gasteiger partial charge in [0.25, 0.3) is 0 Å². The molecule has 154 valence electrons. The number of halogens is 1. The summed E-state index contributed by atoms with van der Waals surface area (Å²) in [6.07, 6.45) is 1.77. The monoisotopic (exact) mass is 522 g/mol. The maximum Gasteiger partial charge on any atom is 0.191 e. The zero-order valence-corrected chi connectivity index (χ0v) is 19.9. The summed E-state index contributed by atoms with van der Waals surface area (Å²) in [5.74, 6) is 1.65. The van der Waals surface area contributed by atoms with Gasteiger partial charge >= 0.3 is 0 Å². The molecule has 0 fully saturated rings. The van der Waals surface area contributed by atoms with Crippen LogP contribution in [0, 0.1) is 6.92 Å². The smallest absolute Gasteiger partial charge is 0.191 e. The maximum atomic E-state index is 5.78. The van der Waals surface area contributed by atoms with Gasteiger partial charge in [-0.3, -0.25) is 4.98 Å². The van der Waals surface area contributed by atoms with Crippen LogP contribution in [0.25, 0.3) is 0 Å². The van der Waals surface area contributed by atoms with Crippen molar-refractivity contribution >= 4 is 41.3 Å². The van der Waals surface area contributed by atoms with E-state index in [1.165, 1.54) is 9.75 Å². The highest BCUT2D eigenvalue weighted by Crippen LogP contribution is 2.15. The molecule has 5 nitrogen and oxygen atoms in total. The Morgan fingerprint density at radius 3 is 2.55 bits per heavy atom. The molecule has 0 aliphatic heterocycles. The summed E-state index contributed by atoms with van der Waals surface area (Å²) in [5, 5.41) is 6.68. The molecule has 0 aliphatic carbocycles. The molecule has 3 rings (SSSR count). The lowest BCUT2D eigenvalue weighted by molar-refractivity contribution is 0.301. The fraction of sp³-hybridized carbons (Fsp3) is 0.273. The number of aliphatic imine (C=N–C) groups is 1. The minimum Gasteiger partial charge on any atom is -0.487 e. The van der Waals surface area contributed by atoms with Crippen LogP contribution in [0.5, 0.6) is 5.75 Å². The summed E-state index contributed by atoms with van der Waals surface area (Å²) in [6.45, 7) is 6.88. The number of nitrogens with one attached hydrogen (secondary N) is 2. The van der Waals surface area contributed by atoms with Gasteiger partial charge in [-0.15, -0.1) is 35.3 Å². The Morgan fingerprint density at radius 1 is 1.07 bits per heavy atom. The molecule has 0 spiro atoms. The number of aryl methyl sites for hydroxylation is 1. The highest BCUT2D eigenvalue weighted by molar-refractivity contribution is 14.0. The molecule has 29 heavy (non-hydrogen) atoms. The fourth-order valence-corrected chi connectivity index (χ4v) is 3.42. The zero-order valence-electron chi connectivity index (χ0n) is 16.7. The largest absolute Gasteiger partial charge is 0.487 e. The van der Waals surface area contributed by atoms with Crippen LogP contribution in [-0.2, 0) is 19.7 Å². The summed E-state index contributed by atoms with van der Waals surface area (Å²) >= 11 is 1.80. The number of aromatic nitrogens is 1.